The topological polar surface area (TPSA) is 49.9 Å². The zero-order valence-corrected chi connectivity index (χ0v) is 23.7. The molecule has 188 valence electrons. The Labute approximate surface area is 220 Å². The van der Waals surface area contributed by atoms with Gasteiger partial charge in [-0.2, -0.15) is 0 Å². The molecular formula is C26H37ClN2O3S2. The molecule has 2 amide bonds. The number of rotatable bonds is 11. The molecule has 0 saturated carbocycles. The van der Waals surface area contributed by atoms with Gasteiger partial charge in [-0.05, 0) is 65.7 Å². The number of alkyl halides is 1. The second-order valence-corrected chi connectivity index (χ2v) is 9.44. The van der Waals surface area contributed by atoms with Gasteiger partial charge in [0, 0.05) is 19.0 Å². The predicted octanol–water partition coefficient (Wildman–Crippen LogP) is 6.07. The summed E-state index contributed by atoms with van der Waals surface area (Å²) in [5.74, 6) is 0.593. The van der Waals surface area contributed by atoms with E-state index in [1.807, 2.05) is 40.7 Å². The molecule has 0 N–H and O–H groups in total. The van der Waals surface area contributed by atoms with Gasteiger partial charge in [-0.25, -0.2) is 0 Å². The third kappa shape index (κ3) is 9.32. The number of ether oxygens (including phenoxy) is 1. The summed E-state index contributed by atoms with van der Waals surface area (Å²) >= 11 is 12.6. The smallest absolute Gasteiger partial charge is 0.266 e. The van der Waals surface area contributed by atoms with Crippen LogP contribution < -0.4 is 0 Å². The summed E-state index contributed by atoms with van der Waals surface area (Å²) in [6, 6.07) is 0. The molecule has 1 fully saturated rings. The van der Waals surface area contributed by atoms with Gasteiger partial charge in [0.1, 0.15) is 22.7 Å². The molecule has 1 heterocycles. The summed E-state index contributed by atoms with van der Waals surface area (Å²) in [6.07, 6.45) is 14.3. The molecule has 0 spiro atoms. The molecule has 1 saturated heterocycles. The van der Waals surface area contributed by atoms with E-state index < -0.39 is 0 Å². The van der Waals surface area contributed by atoms with E-state index in [1.165, 1.54) is 22.2 Å². The van der Waals surface area contributed by atoms with Crippen LogP contribution in [0, 0.1) is 12.8 Å². The van der Waals surface area contributed by atoms with E-state index in [1.54, 1.807) is 11.0 Å². The minimum absolute atomic E-state index is 0.0466. The maximum absolute atomic E-state index is 12.9. The molecule has 1 aliphatic rings. The van der Waals surface area contributed by atoms with E-state index in [4.69, 9.17) is 28.6 Å². The number of likely N-dealkylation sites (N-methyl/N-ethyl adjacent to an activating group) is 1. The van der Waals surface area contributed by atoms with Crippen molar-refractivity contribution in [1.82, 2.24) is 9.80 Å². The minimum atomic E-state index is -0.273. The van der Waals surface area contributed by atoms with E-state index in [0.29, 0.717) is 34.0 Å². The van der Waals surface area contributed by atoms with Crippen LogP contribution in [0.1, 0.15) is 54.9 Å². The number of nitrogens with zero attached hydrogens (tertiary/aromatic N) is 2. The van der Waals surface area contributed by atoms with E-state index in [9.17, 15) is 9.59 Å². The summed E-state index contributed by atoms with van der Waals surface area (Å²) < 4.78 is 6.57. The van der Waals surface area contributed by atoms with Crippen LogP contribution in [0.5, 0.6) is 0 Å². The summed E-state index contributed by atoms with van der Waals surface area (Å²) in [5, 5.41) is 0. The molecule has 1 aliphatic heterocycles. The van der Waals surface area contributed by atoms with Gasteiger partial charge >= 0.3 is 0 Å². The Bertz CT molecular complexity index is 884. The number of hydrogen-bond acceptors (Lipinski definition) is 5. The predicted molar refractivity (Wildman–Crippen MR) is 150 cm³/mol. The summed E-state index contributed by atoms with van der Waals surface area (Å²) in [4.78, 5) is 28.9. The summed E-state index contributed by atoms with van der Waals surface area (Å²) in [5.41, 5.74) is 3.31. The Morgan fingerprint density at radius 2 is 1.85 bits per heavy atom. The number of thioether (sulfide) groups is 1. The van der Waals surface area contributed by atoms with E-state index in [-0.39, 0.29) is 24.5 Å². The highest BCUT2D eigenvalue weighted by Crippen LogP contribution is 2.32. The fourth-order valence-corrected chi connectivity index (χ4v) is 4.45. The zero-order valence-electron chi connectivity index (χ0n) is 21.3. The normalized spacial score (nSPS) is 17.2. The summed E-state index contributed by atoms with van der Waals surface area (Å²) in [6.45, 7) is 15.0. The fraction of sp³-hybridized carbons (Fsp3) is 0.500. The lowest BCUT2D eigenvalue weighted by molar-refractivity contribution is -0.135. The Morgan fingerprint density at radius 1 is 1.26 bits per heavy atom. The van der Waals surface area contributed by atoms with Crippen molar-refractivity contribution in [2.24, 2.45) is 0 Å². The molecule has 0 aromatic carbocycles. The molecule has 34 heavy (non-hydrogen) atoms. The van der Waals surface area contributed by atoms with Gasteiger partial charge in [0.25, 0.3) is 5.91 Å². The number of thiocarbonyl (C=S) groups is 1. The number of halogens is 1. The number of terminal acetylenes is 1. The quantitative estimate of drug-likeness (QED) is 0.0819. The van der Waals surface area contributed by atoms with Crippen LogP contribution in [0.2, 0.25) is 0 Å². The first-order valence-corrected chi connectivity index (χ1v) is 13.0. The van der Waals surface area contributed by atoms with Crippen LogP contribution in [0.4, 0.5) is 0 Å². The molecule has 0 aromatic rings. The molecule has 0 aromatic heterocycles. The van der Waals surface area contributed by atoms with Crippen LogP contribution in [-0.2, 0) is 14.3 Å². The van der Waals surface area contributed by atoms with Crippen LogP contribution in [0.25, 0.3) is 0 Å². The monoisotopic (exact) mass is 524 g/mol. The Hall–Kier alpha value is -2.01. The summed E-state index contributed by atoms with van der Waals surface area (Å²) in [7, 11) is 0. The number of hydrogen-bond donors (Lipinski definition) is 0. The van der Waals surface area contributed by atoms with Gasteiger partial charge in [-0.1, -0.05) is 48.1 Å². The van der Waals surface area contributed by atoms with Crippen LogP contribution in [0.15, 0.2) is 45.6 Å². The molecule has 0 aliphatic carbocycles. The molecule has 0 radical (unpaired) electrons. The molecule has 1 unspecified atom stereocenters. The molecule has 8 heteroatoms. The number of carbonyl (C=O) groups is 2. The van der Waals surface area contributed by atoms with Gasteiger partial charge in [-0.3, -0.25) is 14.5 Å². The lowest BCUT2D eigenvalue weighted by Gasteiger charge is -2.22. The molecule has 1 atom stereocenters. The highest BCUT2D eigenvalue weighted by atomic mass is 35.5. The van der Waals surface area contributed by atoms with Crippen molar-refractivity contribution in [3.8, 4) is 12.8 Å². The SMILES string of the molecule is C#C.C/C=C(/C=C1/SC(=S)N(CC(=O)N(CC)CC)C1=O)OC(C)C(/C=C(\C)CC)=C(/C)CCl. The van der Waals surface area contributed by atoms with Gasteiger partial charge in [0.15, 0.2) is 0 Å². The van der Waals surface area contributed by atoms with Crippen LogP contribution >= 0.6 is 35.6 Å². The zero-order chi connectivity index (χ0) is 26.4. The lowest BCUT2D eigenvalue weighted by atomic mass is 10.0. The van der Waals surface area contributed by atoms with Crippen molar-refractivity contribution in [2.75, 3.05) is 25.5 Å². The maximum atomic E-state index is 12.9. The molecule has 1 rings (SSSR count). The average molecular weight is 525 g/mol. The van der Waals surface area contributed by atoms with Gasteiger partial charge < -0.3 is 9.64 Å². The average Bonchev–Trinajstić information content (AvgIpc) is 3.10. The highest BCUT2D eigenvalue weighted by molar-refractivity contribution is 8.26. The van der Waals surface area contributed by atoms with Crippen molar-refractivity contribution in [2.45, 2.75) is 61.0 Å². The Morgan fingerprint density at radius 3 is 2.32 bits per heavy atom. The number of allylic oxidation sites excluding steroid dienone is 4. The minimum Gasteiger partial charge on any atom is -0.486 e. The van der Waals surface area contributed by atoms with Gasteiger partial charge in [-0.15, -0.1) is 24.4 Å². The largest absolute Gasteiger partial charge is 0.486 e. The van der Waals surface area contributed by atoms with E-state index >= 15 is 0 Å². The van der Waals surface area contributed by atoms with Gasteiger partial charge in [0.05, 0.1) is 4.91 Å². The highest BCUT2D eigenvalue weighted by Gasteiger charge is 2.34. The third-order valence-corrected chi connectivity index (χ3v) is 7.02. The Balaban J connectivity index is 0.00000529. The first-order chi connectivity index (χ1) is 16.1. The van der Waals surface area contributed by atoms with Crippen molar-refractivity contribution < 1.29 is 14.3 Å². The van der Waals surface area contributed by atoms with Crippen LogP contribution in [0.3, 0.4) is 0 Å². The lowest BCUT2D eigenvalue weighted by Crippen LogP contribution is -2.41. The van der Waals surface area contributed by atoms with Crippen molar-refractivity contribution >= 4 is 51.7 Å². The molecule has 0 bridgehead atoms. The second-order valence-electron chi connectivity index (χ2n) is 7.50. The second kappa shape index (κ2) is 16.6. The first-order valence-electron chi connectivity index (χ1n) is 11.2. The molecule has 5 nitrogen and oxygen atoms in total. The van der Waals surface area contributed by atoms with Crippen molar-refractivity contribution in [1.29, 1.82) is 0 Å². The number of amides is 2. The number of carbonyl (C=O) groups excluding carboxylic acids is 2. The Kier molecular flexibility index (Phi) is 15.6. The molecular weight excluding hydrogens is 488 g/mol. The fourth-order valence-electron chi connectivity index (χ4n) is 3.06. The van der Waals surface area contributed by atoms with Crippen molar-refractivity contribution in [3.05, 3.63) is 45.6 Å². The maximum Gasteiger partial charge on any atom is 0.266 e. The van der Waals surface area contributed by atoms with E-state index in [2.05, 4.69) is 32.8 Å². The standard InChI is InChI=1S/C24H35ClN2O3S2.C2H2/c1-8-16(5)12-20(17(6)14-25)18(7)30-19(9-2)13-21-23(29)27(24(31)32-21)15-22(28)26(10-3)11-4;1-2/h9,12-13,18H,8,10-11,14-15H2,1-7H3;1-2H/b16-12+,19-9-,20-17-,21-13+;. The van der Waals surface area contributed by atoms with Crippen molar-refractivity contribution in [3.63, 3.8) is 0 Å². The first kappa shape index (κ1) is 32.0. The van der Waals surface area contributed by atoms with E-state index in [0.717, 1.165) is 17.6 Å². The van der Waals surface area contributed by atoms with Crippen LogP contribution in [-0.4, -0.2) is 57.6 Å². The third-order valence-electron chi connectivity index (χ3n) is 5.24. The van der Waals surface area contributed by atoms with Gasteiger partial charge in [0.2, 0.25) is 5.91 Å².